The molecule has 4 nitrogen and oxygen atoms in total. The average molecular weight is 215 g/mol. The van der Waals surface area contributed by atoms with E-state index in [0.717, 1.165) is 12.1 Å². The van der Waals surface area contributed by atoms with Crippen molar-refractivity contribution in [2.45, 2.75) is 6.10 Å². The Morgan fingerprint density at radius 3 is 2.73 bits per heavy atom. The van der Waals surface area contributed by atoms with Gasteiger partial charge in [-0.1, -0.05) is 0 Å². The zero-order valence-corrected chi connectivity index (χ0v) is 8.62. The van der Waals surface area contributed by atoms with E-state index in [9.17, 15) is 14.6 Å². The lowest BCUT2D eigenvalue weighted by atomic mass is 10.1. The molecule has 1 aromatic carbocycles. The zero-order valence-electron chi connectivity index (χ0n) is 8.62. The van der Waals surface area contributed by atoms with E-state index in [1.165, 1.54) is 7.11 Å². The number of phenols is 1. The molecule has 0 aliphatic heterocycles. The van der Waals surface area contributed by atoms with E-state index in [0.29, 0.717) is 0 Å². The number of nitrogens with one attached hydrogen (secondary N) is 1. The largest absolute Gasteiger partial charge is 0.507 e. The van der Waals surface area contributed by atoms with Crippen LogP contribution in [0.1, 0.15) is 11.7 Å². The number of aliphatic hydroxyl groups excluding tert-OH is 1. The van der Waals surface area contributed by atoms with Gasteiger partial charge in [0.25, 0.3) is 0 Å². The molecule has 0 fully saturated rings. The number of likely N-dealkylation sites (N-methyl/N-ethyl adjacent to an activating group) is 1. The summed E-state index contributed by atoms with van der Waals surface area (Å²) < 4.78 is 18.0. The van der Waals surface area contributed by atoms with Crippen LogP contribution in [0.5, 0.6) is 11.5 Å². The van der Waals surface area contributed by atoms with Gasteiger partial charge in [0.2, 0.25) is 0 Å². The Labute approximate surface area is 87.3 Å². The minimum Gasteiger partial charge on any atom is -0.507 e. The van der Waals surface area contributed by atoms with E-state index in [2.05, 4.69) is 10.1 Å². The second-order valence-corrected chi connectivity index (χ2v) is 3.12. The first-order valence-electron chi connectivity index (χ1n) is 4.49. The van der Waals surface area contributed by atoms with Gasteiger partial charge in [-0.3, -0.25) is 0 Å². The van der Waals surface area contributed by atoms with Crippen molar-refractivity contribution in [1.29, 1.82) is 0 Å². The molecule has 0 radical (unpaired) electrons. The molecule has 0 aromatic heterocycles. The molecular formula is C10H14FNO3. The predicted octanol–water partition coefficient (Wildman–Crippen LogP) is 0.793. The van der Waals surface area contributed by atoms with Crippen molar-refractivity contribution in [1.82, 2.24) is 5.32 Å². The predicted molar refractivity (Wildman–Crippen MR) is 53.5 cm³/mol. The lowest BCUT2D eigenvalue weighted by molar-refractivity contribution is 0.173. The second kappa shape index (κ2) is 4.95. The minimum absolute atomic E-state index is 0.0482. The molecule has 0 aliphatic carbocycles. The number of halogens is 1. The Balaban J connectivity index is 3.04. The normalized spacial score (nSPS) is 12.5. The molecule has 0 amide bonds. The number of phenolic OH excluding ortho intramolecular Hbond substituents is 1. The van der Waals surface area contributed by atoms with Crippen LogP contribution in [0.3, 0.4) is 0 Å². The van der Waals surface area contributed by atoms with Gasteiger partial charge in [0.05, 0.1) is 13.2 Å². The summed E-state index contributed by atoms with van der Waals surface area (Å²) in [6.07, 6.45) is -0.949. The molecule has 1 rings (SSSR count). The van der Waals surface area contributed by atoms with Gasteiger partial charge in [0.15, 0.2) is 11.6 Å². The Bertz CT molecular complexity index is 344. The molecule has 0 saturated carbocycles. The highest BCUT2D eigenvalue weighted by Gasteiger charge is 2.15. The molecule has 3 N–H and O–H groups in total. The number of benzene rings is 1. The molecule has 0 heterocycles. The number of methoxy groups -OCH3 is 1. The molecule has 84 valence electrons. The number of hydrogen-bond donors (Lipinski definition) is 3. The maximum Gasteiger partial charge on any atom is 0.165 e. The fourth-order valence-corrected chi connectivity index (χ4v) is 1.28. The van der Waals surface area contributed by atoms with Crippen molar-refractivity contribution in [3.05, 3.63) is 23.5 Å². The van der Waals surface area contributed by atoms with Crippen molar-refractivity contribution < 1.29 is 19.3 Å². The summed E-state index contributed by atoms with van der Waals surface area (Å²) in [5, 5.41) is 21.8. The van der Waals surface area contributed by atoms with Gasteiger partial charge in [0, 0.05) is 18.2 Å². The molecule has 0 saturated heterocycles. The third kappa shape index (κ3) is 2.57. The van der Waals surface area contributed by atoms with Gasteiger partial charge < -0.3 is 20.3 Å². The van der Waals surface area contributed by atoms with Crippen LogP contribution in [-0.2, 0) is 0 Å². The summed E-state index contributed by atoms with van der Waals surface area (Å²) in [7, 11) is 2.96. The van der Waals surface area contributed by atoms with Crippen LogP contribution in [0.4, 0.5) is 4.39 Å². The molecular weight excluding hydrogens is 201 g/mol. The topological polar surface area (TPSA) is 61.7 Å². The van der Waals surface area contributed by atoms with E-state index in [4.69, 9.17) is 0 Å². The van der Waals surface area contributed by atoms with Crippen LogP contribution in [0.15, 0.2) is 12.1 Å². The van der Waals surface area contributed by atoms with E-state index in [1.54, 1.807) is 7.05 Å². The summed E-state index contributed by atoms with van der Waals surface area (Å²) in [5.74, 6) is -0.843. The Hall–Kier alpha value is -1.33. The summed E-state index contributed by atoms with van der Waals surface area (Å²) in [6, 6.07) is 2.21. The molecule has 0 bridgehead atoms. The first kappa shape index (κ1) is 11.7. The monoisotopic (exact) mass is 215 g/mol. The molecule has 1 unspecified atom stereocenters. The van der Waals surface area contributed by atoms with E-state index in [1.807, 2.05) is 0 Å². The number of aromatic hydroxyl groups is 1. The smallest absolute Gasteiger partial charge is 0.165 e. The van der Waals surface area contributed by atoms with E-state index < -0.39 is 11.9 Å². The standard InChI is InChI=1S/C10H14FNO3/c1-12-5-9(14)6-3-7(11)10(15-2)4-8(6)13/h3-4,9,12-14H,5H2,1-2H3. The molecule has 5 heteroatoms. The third-order valence-electron chi connectivity index (χ3n) is 2.06. The quantitative estimate of drug-likeness (QED) is 0.695. The molecule has 0 spiro atoms. The highest BCUT2D eigenvalue weighted by atomic mass is 19.1. The van der Waals surface area contributed by atoms with Gasteiger partial charge in [-0.2, -0.15) is 0 Å². The van der Waals surface area contributed by atoms with Crippen molar-refractivity contribution in [3.63, 3.8) is 0 Å². The average Bonchev–Trinajstić information content (AvgIpc) is 2.21. The van der Waals surface area contributed by atoms with Crippen molar-refractivity contribution in [3.8, 4) is 11.5 Å². The maximum atomic E-state index is 13.3. The van der Waals surface area contributed by atoms with Gasteiger partial charge in [0.1, 0.15) is 5.75 Å². The van der Waals surface area contributed by atoms with Crippen LogP contribution < -0.4 is 10.1 Å². The van der Waals surface area contributed by atoms with E-state index in [-0.39, 0.29) is 23.6 Å². The summed E-state index contributed by atoms with van der Waals surface area (Å²) in [5.41, 5.74) is 0.141. The molecule has 0 aliphatic rings. The first-order valence-corrected chi connectivity index (χ1v) is 4.49. The highest BCUT2D eigenvalue weighted by molar-refractivity contribution is 5.42. The van der Waals surface area contributed by atoms with Crippen LogP contribution >= 0.6 is 0 Å². The van der Waals surface area contributed by atoms with Crippen molar-refractivity contribution in [2.75, 3.05) is 20.7 Å². The lowest BCUT2D eigenvalue weighted by Crippen LogP contribution is -2.17. The fourth-order valence-electron chi connectivity index (χ4n) is 1.28. The van der Waals surface area contributed by atoms with Crippen LogP contribution in [0.25, 0.3) is 0 Å². The lowest BCUT2D eigenvalue weighted by Gasteiger charge is -2.13. The van der Waals surface area contributed by atoms with Gasteiger partial charge in [-0.15, -0.1) is 0 Å². The SMILES string of the molecule is CNCC(O)c1cc(F)c(OC)cc1O. The molecule has 1 aromatic rings. The van der Waals surface area contributed by atoms with Crippen LogP contribution in [0.2, 0.25) is 0 Å². The summed E-state index contributed by atoms with van der Waals surface area (Å²) in [4.78, 5) is 0. The zero-order chi connectivity index (χ0) is 11.4. The minimum atomic E-state index is -0.949. The Kier molecular flexibility index (Phi) is 3.88. The van der Waals surface area contributed by atoms with E-state index >= 15 is 0 Å². The number of rotatable bonds is 4. The number of ether oxygens (including phenoxy) is 1. The third-order valence-corrected chi connectivity index (χ3v) is 2.06. The molecule has 15 heavy (non-hydrogen) atoms. The second-order valence-electron chi connectivity index (χ2n) is 3.12. The fraction of sp³-hybridized carbons (Fsp3) is 0.400. The number of hydrogen-bond acceptors (Lipinski definition) is 4. The molecule has 1 atom stereocenters. The number of aliphatic hydroxyl groups is 1. The van der Waals surface area contributed by atoms with Crippen LogP contribution in [0, 0.1) is 5.82 Å². The maximum absolute atomic E-state index is 13.3. The highest BCUT2D eigenvalue weighted by Crippen LogP contribution is 2.30. The Morgan fingerprint density at radius 1 is 1.53 bits per heavy atom. The van der Waals surface area contributed by atoms with Crippen molar-refractivity contribution >= 4 is 0 Å². The van der Waals surface area contributed by atoms with Gasteiger partial charge in [-0.05, 0) is 13.1 Å². The van der Waals surface area contributed by atoms with Gasteiger partial charge >= 0.3 is 0 Å². The van der Waals surface area contributed by atoms with Crippen LogP contribution in [-0.4, -0.2) is 30.9 Å². The Morgan fingerprint density at radius 2 is 2.20 bits per heavy atom. The first-order chi connectivity index (χ1) is 7.10. The van der Waals surface area contributed by atoms with Crippen molar-refractivity contribution in [2.24, 2.45) is 0 Å². The summed E-state index contributed by atoms with van der Waals surface area (Å²) >= 11 is 0. The van der Waals surface area contributed by atoms with Gasteiger partial charge in [-0.25, -0.2) is 4.39 Å². The summed E-state index contributed by atoms with van der Waals surface area (Å²) in [6.45, 7) is 0.235.